The number of anilines is 1. The van der Waals surface area contributed by atoms with Crippen LogP contribution in [0.4, 0.5) is 5.69 Å². The van der Waals surface area contributed by atoms with E-state index >= 15 is 0 Å². The second-order valence-electron chi connectivity index (χ2n) is 4.62. The third kappa shape index (κ3) is 1.91. The van der Waals surface area contributed by atoms with Crippen molar-refractivity contribution < 1.29 is 4.79 Å². The highest BCUT2D eigenvalue weighted by Crippen LogP contribution is 2.28. The summed E-state index contributed by atoms with van der Waals surface area (Å²) in [6.45, 7) is 0.826. The summed E-state index contributed by atoms with van der Waals surface area (Å²) in [5.41, 5.74) is 1.02. The van der Waals surface area contributed by atoms with Crippen molar-refractivity contribution in [1.82, 2.24) is 5.32 Å². The Morgan fingerprint density at radius 3 is 3.11 bits per heavy atom. The van der Waals surface area contributed by atoms with E-state index in [1.807, 2.05) is 11.9 Å². The van der Waals surface area contributed by atoms with Crippen LogP contribution >= 0.6 is 11.3 Å². The highest BCUT2D eigenvalue weighted by Gasteiger charge is 2.28. The minimum Gasteiger partial charge on any atom is -0.311 e. The smallest absolute Gasteiger partial charge is 0.244 e. The number of fused-ring (bicyclic) bond motifs is 1. The van der Waals surface area contributed by atoms with Crippen LogP contribution in [0.25, 0.3) is 10.1 Å². The van der Waals surface area contributed by atoms with Gasteiger partial charge in [-0.25, -0.2) is 0 Å². The largest absolute Gasteiger partial charge is 0.311 e. The number of hydrogen-bond donors (Lipinski definition) is 1. The molecule has 2 heterocycles. The molecule has 1 atom stereocenters. The normalized spacial score (nSPS) is 20.6. The number of hydrogen-bond acceptors (Lipinski definition) is 3. The van der Waals surface area contributed by atoms with Crippen LogP contribution in [0, 0.1) is 0 Å². The monoisotopic (exact) mass is 260 g/mol. The topological polar surface area (TPSA) is 32.3 Å². The Balaban J connectivity index is 1.95. The lowest BCUT2D eigenvalue weighted by Gasteiger charge is -2.32. The number of benzene rings is 1. The van der Waals surface area contributed by atoms with Gasteiger partial charge in [0.2, 0.25) is 5.91 Å². The summed E-state index contributed by atoms with van der Waals surface area (Å²) in [6, 6.07) is 8.34. The molecular formula is C14H16N2OS. The Kier molecular flexibility index (Phi) is 3.06. The number of nitrogens with one attached hydrogen (secondary N) is 1. The molecule has 0 radical (unpaired) electrons. The zero-order valence-electron chi connectivity index (χ0n) is 10.3. The highest BCUT2D eigenvalue weighted by molar-refractivity contribution is 7.17. The Morgan fingerprint density at radius 1 is 1.39 bits per heavy atom. The Labute approximate surface area is 110 Å². The van der Waals surface area contributed by atoms with Crippen LogP contribution in [0.2, 0.25) is 0 Å². The van der Waals surface area contributed by atoms with E-state index in [4.69, 9.17) is 0 Å². The summed E-state index contributed by atoms with van der Waals surface area (Å²) in [5.74, 6) is 0.193. The zero-order valence-corrected chi connectivity index (χ0v) is 11.2. The molecule has 0 saturated carbocycles. The summed E-state index contributed by atoms with van der Waals surface area (Å²) in [5, 5.41) is 6.40. The summed E-state index contributed by atoms with van der Waals surface area (Å²) < 4.78 is 1.27. The first-order chi connectivity index (χ1) is 8.79. The molecule has 1 unspecified atom stereocenters. The molecule has 1 amide bonds. The number of carbonyl (C=O) groups excluding carboxylic acids is 1. The Morgan fingerprint density at radius 2 is 2.28 bits per heavy atom. The third-order valence-electron chi connectivity index (χ3n) is 3.53. The van der Waals surface area contributed by atoms with Crippen LogP contribution in [0.1, 0.15) is 12.8 Å². The third-order valence-corrected chi connectivity index (χ3v) is 4.43. The standard InChI is InChI=1S/C14H16N2OS/c1-15-12-3-2-7-16(14(12)17)11-4-5-13-10(9-11)6-8-18-13/h4-6,8-9,12,15H,2-3,7H2,1H3. The highest BCUT2D eigenvalue weighted by atomic mass is 32.1. The fourth-order valence-corrected chi connectivity index (χ4v) is 3.29. The van der Waals surface area contributed by atoms with E-state index in [9.17, 15) is 4.79 Å². The van der Waals surface area contributed by atoms with Gasteiger partial charge in [0.25, 0.3) is 0 Å². The van der Waals surface area contributed by atoms with Crippen molar-refractivity contribution in [2.75, 3.05) is 18.5 Å². The SMILES string of the molecule is CNC1CCCN(c2ccc3sccc3c2)C1=O. The van der Waals surface area contributed by atoms with Crippen LogP contribution in [-0.4, -0.2) is 25.5 Å². The van der Waals surface area contributed by atoms with Gasteiger partial charge in [0.15, 0.2) is 0 Å². The predicted octanol–water partition coefficient (Wildman–Crippen LogP) is 2.62. The van der Waals surface area contributed by atoms with Gasteiger partial charge in [0.1, 0.15) is 0 Å². The molecule has 2 aromatic rings. The minimum atomic E-state index is -0.0306. The Hall–Kier alpha value is -1.39. The quantitative estimate of drug-likeness (QED) is 0.900. The van der Waals surface area contributed by atoms with Crippen molar-refractivity contribution in [3.63, 3.8) is 0 Å². The fourth-order valence-electron chi connectivity index (χ4n) is 2.52. The van der Waals surface area contributed by atoms with Gasteiger partial charge >= 0.3 is 0 Å². The number of thiophene rings is 1. The number of carbonyl (C=O) groups is 1. The van der Waals surface area contributed by atoms with Crippen LogP contribution in [0.5, 0.6) is 0 Å². The first-order valence-electron chi connectivity index (χ1n) is 6.25. The molecule has 18 heavy (non-hydrogen) atoms. The van der Waals surface area contributed by atoms with Gasteiger partial charge in [0.05, 0.1) is 6.04 Å². The predicted molar refractivity (Wildman–Crippen MR) is 76.3 cm³/mol. The average Bonchev–Trinajstić information content (AvgIpc) is 2.86. The molecule has 0 spiro atoms. The van der Waals surface area contributed by atoms with Crippen molar-refractivity contribution in [2.24, 2.45) is 0 Å². The van der Waals surface area contributed by atoms with Gasteiger partial charge < -0.3 is 10.2 Å². The molecule has 1 saturated heterocycles. The number of likely N-dealkylation sites (N-methyl/N-ethyl adjacent to an activating group) is 1. The molecule has 1 fully saturated rings. The number of nitrogens with zero attached hydrogens (tertiary/aromatic N) is 1. The first-order valence-corrected chi connectivity index (χ1v) is 7.13. The van der Waals surface area contributed by atoms with Crippen LogP contribution in [0.15, 0.2) is 29.6 Å². The molecule has 1 aromatic carbocycles. The maximum absolute atomic E-state index is 12.3. The van der Waals surface area contributed by atoms with E-state index in [-0.39, 0.29) is 11.9 Å². The molecule has 1 N–H and O–H groups in total. The van der Waals surface area contributed by atoms with E-state index < -0.39 is 0 Å². The number of rotatable bonds is 2. The molecule has 3 rings (SSSR count). The lowest BCUT2D eigenvalue weighted by molar-refractivity contribution is -0.121. The fraction of sp³-hybridized carbons (Fsp3) is 0.357. The number of piperidine rings is 1. The molecule has 94 valence electrons. The van der Waals surface area contributed by atoms with Crippen molar-refractivity contribution in [2.45, 2.75) is 18.9 Å². The zero-order chi connectivity index (χ0) is 12.5. The van der Waals surface area contributed by atoms with Gasteiger partial charge in [-0.1, -0.05) is 0 Å². The second-order valence-corrected chi connectivity index (χ2v) is 5.56. The van der Waals surface area contributed by atoms with Crippen molar-refractivity contribution in [3.8, 4) is 0 Å². The molecule has 1 aromatic heterocycles. The lowest BCUT2D eigenvalue weighted by atomic mass is 10.0. The van der Waals surface area contributed by atoms with Crippen molar-refractivity contribution in [3.05, 3.63) is 29.6 Å². The first kappa shape index (κ1) is 11.7. The summed E-state index contributed by atoms with van der Waals surface area (Å²) in [6.07, 6.45) is 1.99. The molecule has 1 aliphatic rings. The number of amides is 1. The summed E-state index contributed by atoms with van der Waals surface area (Å²) >= 11 is 1.73. The maximum atomic E-state index is 12.3. The van der Waals surface area contributed by atoms with E-state index in [2.05, 4.69) is 35.0 Å². The summed E-state index contributed by atoms with van der Waals surface area (Å²) in [4.78, 5) is 14.2. The van der Waals surface area contributed by atoms with Crippen LogP contribution in [-0.2, 0) is 4.79 Å². The van der Waals surface area contributed by atoms with E-state index in [1.54, 1.807) is 11.3 Å². The van der Waals surface area contributed by atoms with Gasteiger partial charge in [0, 0.05) is 16.9 Å². The maximum Gasteiger partial charge on any atom is 0.244 e. The van der Waals surface area contributed by atoms with Crippen molar-refractivity contribution >= 4 is 33.0 Å². The van der Waals surface area contributed by atoms with E-state index in [0.717, 1.165) is 25.1 Å². The molecule has 4 heteroatoms. The lowest BCUT2D eigenvalue weighted by Crippen LogP contribution is -2.49. The average molecular weight is 260 g/mol. The molecule has 1 aliphatic heterocycles. The molecule has 0 aliphatic carbocycles. The minimum absolute atomic E-state index is 0.0306. The van der Waals surface area contributed by atoms with Crippen LogP contribution < -0.4 is 10.2 Å². The van der Waals surface area contributed by atoms with Gasteiger partial charge in [-0.2, -0.15) is 0 Å². The van der Waals surface area contributed by atoms with Gasteiger partial charge in [-0.3, -0.25) is 4.79 Å². The van der Waals surface area contributed by atoms with Gasteiger partial charge in [-0.05, 0) is 54.9 Å². The van der Waals surface area contributed by atoms with E-state index in [0.29, 0.717) is 0 Å². The molecular weight excluding hydrogens is 244 g/mol. The Bertz CT molecular complexity index is 578. The van der Waals surface area contributed by atoms with Crippen LogP contribution in [0.3, 0.4) is 0 Å². The van der Waals surface area contributed by atoms with Gasteiger partial charge in [-0.15, -0.1) is 11.3 Å². The second kappa shape index (κ2) is 4.71. The molecule has 0 bridgehead atoms. The van der Waals surface area contributed by atoms with E-state index in [1.165, 1.54) is 10.1 Å². The molecule has 3 nitrogen and oxygen atoms in total. The summed E-state index contributed by atoms with van der Waals surface area (Å²) in [7, 11) is 1.86. The van der Waals surface area contributed by atoms with Crippen molar-refractivity contribution in [1.29, 1.82) is 0 Å².